The normalized spacial score (nSPS) is 12.0. The molecule has 0 bridgehead atoms. The molecule has 1 rings (SSSR count). The van der Waals surface area contributed by atoms with E-state index in [-0.39, 0.29) is 12.5 Å². The average Bonchev–Trinajstić information content (AvgIpc) is 2.39. The summed E-state index contributed by atoms with van der Waals surface area (Å²) in [5, 5.41) is 2.76. The second-order valence-electron chi connectivity index (χ2n) is 4.40. The molecule has 0 aromatic heterocycles. The number of nitrogens with one attached hydrogen (secondary N) is 1. The van der Waals surface area contributed by atoms with E-state index in [0.717, 1.165) is 12.0 Å². The van der Waals surface area contributed by atoms with Crippen LogP contribution in [0.5, 0.6) is 5.75 Å². The molecule has 5 nitrogen and oxygen atoms in total. The van der Waals surface area contributed by atoms with Crippen LogP contribution < -0.4 is 15.8 Å². The van der Waals surface area contributed by atoms with Crippen LogP contribution in [0.3, 0.4) is 0 Å². The molecule has 0 aliphatic rings. The zero-order valence-corrected chi connectivity index (χ0v) is 11.7. The predicted molar refractivity (Wildman–Crippen MR) is 75.4 cm³/mol. The molecule has 1 aromatic carbocycles. The molecule has 0 heterocycles. The Kier molecular flexibility index (Phi) is 6.32. The average molecular weight is 266 g/mol. The number of carbonyl (C=O) groups excluding carboxylic acids is 1. The summed E-state index contributed by atoms with van der Waals surface area (Å²) in [5.41, 5.74) is 7.39. The maximum atomic E-state index is 11.8. The highest BCUT2D eigenvalue weighted by Gasteiger charge is 2.15. The van der Waals surface area contributed by atoms with Gasteiger partial charge < -0.3 is 20.5 Å². The van der Waals surface area contributed by atoms with Crippen LogP contribution in [0.2, 0.25) is 0 Å². The van der Waals surface area contributed by atoms with Crippen LogP contribution in [0.4, 0.5) is 5.69 Å². The molecule has 0 spiro atoms. The SMILES string of the molecule is CCCOc1cc(C)ccc1NC(=O)C(N)COC. The van der Waals surface area contributed by atoms with Gasteiger partial charge in [-0.05, 0) is 31.0 Å². The number of amides is 1. The summed E-state index contributed by atoms with van der Waals surface area (Å²) in [5.74, 6) is 0.381. The van der Waals surface area contributed by atoms with Crippen molar-refractivity contribution < 1.29 is 14.3 Å². The lowest BCUT2D eigenvalue weighted by molar-refractivity contribution is -0.118. The molecule has 106 valence electrons. The van der Waals surface area contributed by atoms with Crippen molar-refractivity contribution in [3.05, 3.63) is 23.8 Å². The van der Waals surface area contributed by atoms with E-state index >= 15 is 0 Å². The van der Waals surface area contributed by atoms with Gasteiger partial charge in [-0.15, -0.1) is 0 Å². The van der Waals surface area contributed by atoms with Gasteiger partial charge in [0.05, 0.1) is 18.9 Å². The zero-order valence-electron chi connectivity index (χ0n) is 11.7. The van der Waals surface area contributed by atoms with Gasteiger partial charge in [0, 0.05) is 7.11 Å². The molecule has 3 N–H and O–H groups in total. The maximum absolute atomic E-state index is 11.8. The van der Waals surface area contributed by atoms with E-state index in [2.05, 4.69) is 5.32 Å². The number of hydrogen-bond donors (Lipinski definition) is 2. The van der Waals surface area contributed by atoms with Crippen LogP contribution in [-0.4, -0.2) is 32.3 Å². The predicted octanol–water partition coefficient (Wildman–Crippen LogP) is 1.70. The number of benzene rings is 1. The second-order valence-corrected chi connectivity index (χ2v) is 4.40. The van der Waals surface area contributed by atoms with Gasteiger partial charge in [0.2, 0.25) is 5.91 Å². The highest BCUT2D eigenvalue weighted by Crippen LogP contribution is 2.26. The van der Waals surface area contributed by atoms with Gasteiger partial charge >= 0.3 is 0 Å². The van der Waals surface area contributed by atoms with E-state index in [1.54, 1.807) is 0 Å². The van der Waals surface area contributed by atoms with Gasteiger partial charge in [-0.3, -0.25) is 4.79 Å². The van der Waals surface area contributed by atoms with E-state index in [4.69, 9.17) is 15.2 Å². The first-order valence-corrected chi connectivity index (χ1v) is 6.37. The van der Waals surface area contributed by atoms with Crippen LogP contribution in [-0.2, 0) is 9.53 Å². The monoisotopic (exact) mass is 266 g/mol. The largest absolute Gasteiger partial charge is 0.491 e. The first-order valence-electron chi connectivity index (χ1n) is 6.37. The van der Waals surface area contributed by atoms with Crippen molar-refractivity contribution in [1.29, 1.82) is 0 Å². The summed E-state index contributed by atoms with van der Waals surface area (Å²) in [6.45, 7) is 4.79. The van der Waals surface area contributed by atoms with Crippen LogP contribution in [0.1, 0.15) is 18.9 Å². The number of carbonyl (C=O) groups is 1. The number of methoxy groups -OCH3 is 1. The molecule has 5 heteroatoms. The Balaban J connectivity index is 2.78. The summed E-state index contributed by atoms with van der Waals surface area (Å²) >= 11 is 0. The minimum Gasteiger partial charge on any atom is -0.491 e. The van der Waals surface area contributed by atoms with Gasteiger partial charge in [-0.25, -0.2) is 0 Å². The molecule has 0 saturated carbocycles. The third kappa shape index (κ3) is 4.89. The first kappa shape index (κ1) is 15.5. The zero-order chi connectivity index (χ0) is 14.3. The Morgan fingerprint density at radius 3 is 2.84 bits per heavy atom. The Morgan fingerprint density at radius 2 is 2.21 bits per heavy atom. The first-order chi connectivity index (χ1) is 9.08. The van der Waals surface area contributed by atoms with E-state index in [1.165, 1.54) is 7.11 Å². The number of rotatable bonds is 7. The lowest BCUT2D eigenvalue weighted by atomic mass is 10.2. The molecule has 0 aliphatic heterocycles. The molecule has 0 fully saturated rings. The lowest BCUT2D eigenvalue weighted by Crippen LogP contribution is -2.39. The molecule has 0 aliphatic carbocycles. The fraction of sp³-hybridized carbons (Fsp3) is 0.500. The van der Waals surface area contributed by atoms with E-state index in [9.17, 15) is 4.79 Å². The van der Waals surface area contributed by atoms with Crippen molar-refractivity contribution >= 4 is 11.6 Å². The van der Waals surface area contributed by atoms with E-state index in [0.29, 0.717) is 18.0 Å². The number of hydrogen-bond acceptors (Lipinski definition) is 4. The molecule has 0 saturated heterocycles. The Labute approximate surface area is 114 Å². The molecule has 1 amide bonds. The Morgan fingerprint density at radius 1 is 1.47 bits per heavy atom. The second kappa shape index (κ2) is 7.76. The molecule has 0 radical (unpaired) electrons. The summed E-state index contributed by atoms with van der Waals surface area (Å²) in [4.78, 5) is 11.8. The highest BCUT2D eigenvalue weighted by molar-refractivity contribution is 5.96. The number of aryl methyl sites for hydroxylation is 1. The fourth-order valence-electron chi connectivity index (χ4n) is 1.54. The van der Waals surface area contributed by atoms with Crippen molar-refractivity contribution in [2.45, 2.75) is 26.3 Å². The Bertz CT molecular complexity index is 421. The van der Waals surface area contributed by atoms with Gasteiger partial charge in [0.15, 0.2) is 0 Å². The quantitative estimate of drug-likeness (QED) is 0.787. The molecular formula is C14H22N2O3. The van der Waals surface area contributed by atoms with Crippen LogP contribution in [0.25, 0.3) is 0 Å². The summed E-state index contributed by atoms with van der Waals surface area (Å²) in [6, 6.07) is 4.94. The minimum atomic E-state index is -0.690. The van der Waals surface area contributed by atoms with Crippen molar-refractivity contribution in [3.63, 3.8) is 0 Å². The topological polar surface area (TPSA) is 73.6 Å². The Hall–Kier alpha value is -1.59. The molecule has 19 heavy (non-hydrogen) atoms. The van der Waals surface area contributed by atoms with Gasteiger partial charge in [0.25, 0.3) is 0 Å². The number of ether oxygens (including phenoxy) is 2. The summed E-state index contributed by atoms with van der Waals surface area (Å²) in [6.07, 6.45) is 0.907. The van der Waals surface area contributed by atoms with Gasteiger partial charge in [0.1, 0.15) is 11.8 Å². The third-order valence-corrected chi connectivity index (χ3v) is 2.54. The standard InChI is InChI=1S/C14H22N2O3/c1-4-7-19-13-8-10(2)5-6-12(13)16-14(17)11(15)9-18-3/h5-6,8,11H,4,7,9,15H2,1-3H3,(H,16,17). The van der Waals surface area contributed by atoms with Crippen LogP contribution in [0.15, 0.2) is 18.2 Å². The maximum Gasteiger partial charge on any atom is 0.243 e. The van der Waals surface area contributed by atoms with Crippen molar-refractivity contribution in [2.75, 3.05) is 25.6 Å². The van der Waals surface area contributed by atoms with Crippen LogP contribution in [0, 0.1) is 6.92 Å². The smallest absolute Gasteiger partial charge is 0.243 e. The van der Waals surface area contributed by atoms with Crippen molar-refractivity contribution in [3.8, 4) is 5.75 Å². The molecule has 1 unspecified atom stereocenters. The van der Waals surface area contributed by atoms with Crippen LogP contribution >= 0.6 is 0 Å². The molecular weight excluding hydrogens is 244 g/mol. The number of nitrogens with two attached hydrogens (primary N) is 1. The van der Waals surface area contributed by atoms with Crippen molar-refractivity contribution in [1.82, 2.24) is 0 Å². The molecule has 1 atom stereocenters. The summed E-state index contributed by atoms with van der Waals surface area (Å²) in [7, 11) is 1.51. The number of anilines is 1. The van der Waals surface area contributed by atoms with Crippen molar-refractivity contribution in [2.24, 2.45) is 5.73 Å². The lowest BCUT2D eigenvalue weighted by Gasteiger charge is -2.15. The highest BCUT2D eigenvalue weighted by atomic mass is 16.5. The third-order valence-electron chi connectivity index (χ3n) is 2.54. The van der Waals surface area contributed by atoms with E-state index < -0.39 is 6.04 Å². The summed E-state index contributed by atoms with van der Waals surface area (Å²) < 4.78 is 10.5. The minimum absolute atomic E-state index is 0.183. The van der Waals surface area contributed by atoms with Gasteiger partial charge in [-0.2, -0.15) is 0 Å². The molecule has 1 aromatic rings. The fourth-order valence-corrected chi connectivity index (χ4v) is 1.54. The van der Waals surface area contributed by atoms with Gasteiger partial charge in [-0.1, -0.05) is 13.0 Å². The van der Waals surface area contributed by atoms with E-state index in [1.807, 2.05) is 32.0 Å².